The maximum absolute atomic E-state index is 4.37. The average molecular weight is 229 g/mol. The fourth-order valence-corrected chi connectivity index (χ4v) is 2.03. The van der Waals surface area contributed by atoms with Crippen LogP contribution in [0.25, 0.3) is 11.0 Å². The second-order valence-corrected chi connectivity index (χ2v) is 4.43. The molecule has 3 rings (SSSR count). The molecule has 0 aliphatic carbocycles. The molecule has 0 atom stereocenters. The van der Waals surface area contributed by atoms with Crippen LogP contribution in [-0.4, -0.2) is 33.9 Å². The lowest BCUT2D eigenvalue weighted by molar-refractivity contribution is 0.692. The minimum atomic E-state index is 0.680. The lowest BCUT2D eigenvalue weighted by atomic mass is 10.1. The Hall–Kier alpha value is -1.91. The van der Waals surface area contributed by atoms with Gasteiger partial charge in [0.25, 0.3) is 0 Å². The molecular weight excluding hydrogens is 214 g/mol. The van der Waals surface area contributed by atoms with Crippen molar-refractivity contribution in [1.29, 1.82) is 0 Å². The number of aromatic nitrogens is 3. The molecule has 0 radical (unpaired) electrons. The van der Waals surface area contributed by atoms with E-state index in [1.807, 2.05) is 4.68 Å². The van der Waals surface area contributed by atoms with Gasteiger partial charge in [0.15, 0.2) is 0 Å². The Balaban J connectivity index is 2.02. The predicted molar refractivity (Wildman–Crippen MR) is 67.3 cm³/mol. The van der Waals surface area contributed by atoms with Crippen LogP contribution in [0.1, 0.15) is 11.1 Å². The maximum Gasteiger partial charge on any atom is 0.118 e. The Morgan fingerprint density at radius 3 is 2.88 bits per heavy atom. The normalized spacial score (nSPS) is 15.1. The van der Waals surface area contributed by atoms with Crippen molar-refractivity contribution in [2.24, 2.45) is 4.99 Å². The number of amidine groups is 1. The van der Waals surface area contributed by atoms with E-state index in [-0.39, 0.29) is 0 Å². The number of nitrogens with zero attached hydrogens (tertiary/aromatic N) is 4. The third-order valence-electron chi connectivity index (χ3n) is 3.17. The highest BCUT2D eigenvalue weighted by Gasteiger charge is 2.10. The Kier molecular flexibility index (Phi) is 2.31. The van der Waals surface area contributed by atoms with E-state index >= 15 is 0 Å². The molecular formula is C12H15N5. The minimum Gasteiger partial charge on any atom is -0.370 e. The van der Waals surface area contributed by atoms with Crippen LogP contribution in [0, 0.1) is 13.8 Å². The van der Waals surface area contributed by atoms with Gasteiger partial charge in [0.1, 0.15) is 17.9 Å². The van der Waals surface area contributed by atoms with E-state index in [2.05, 4.69) is 46.6 Å². The van der Waals surface area contributed by atoms with E-state index in [4.69, 9.17) is 0 Å². The van der Waals surface area contributed by atoms with Gasteiger partial charge >= 0.3 is 0 Å². The summed E-state index contributed by atoms with van der Waals surface area (Å²) in [6, 6.07) is 4.22. The molecule has 0 saturated heterocycles. The van der Waals surface area contributed by atoms with Gasteiger partial charge in [-0.1, -0.05) is 5.21 Å². The van der Waals surface area contributed by atoms with Crippen LogP contribution < -0.4 is 5.32 Å². The van der Waals surface area contributed by atoms with Crippen LogP contribution >= 0.6 is 0 Å². The largest absolute Gasteiger partial charge is 0.370 e. The standard InChI is InChI=1S/C12H15N5/c1-8-5-10-11(6-9(8)2)17(16-15-10)7-12-13-3-4-14-12/h5-6H,3-4,7H2,1-2H3,(H,13,14). The molecule has 0 spiro atoms. The average Bonchev–Trinajstić information content (AvgIpc) is 2.92. The van der Waals surface area contributed by atoms with Crippen LogP contribution in [-0.2, 0) is 6.54 Å². The monoisotopic (exact) mass is 229 g/mol. The number of aryl methyl sites for hydroxylation is 2. The zero-order chi connectivity index (χ0) is 11.8. The Labute approximate surface area is 99.5 Å². The van der Waals surface area contributed by atoms with Crippen molar-refractivity contribution >= 4 is 16.9 Å². The maximum atomic E-state index is 4.37. The van der Waals surface area contributed by atoms with Crippen molar-refractivity contribution in [2.75, 3.05) is 13.1 Å². The second-order valence-electron chi connectivity index (χ2n) is 4.43. The van der Waals surface area contributed by atoms with Gasteiger partial charge in [-0.05, 0) is 37.1 Å². The summed E-state index contributed by atoms with van der Waals surface area (Å²) in [5, 5.41) is 11.6. The summed E-state index contributed by atoms with van der Waals surface area (Å²) in [4.78, 5) is 4.37. The van der Waals surface area contributed by atoms with E-state index in [0.717, 1.165) is 30.0 Å². The third-order valence-corrected chi connectivity index (χ3v) is 3.17. The van der Waals surface area contributed by atoms with Crippen LogP contribution in [0.3, 0.4) is 0 Å². The molecule has 0 amide bonds. The number of fused-ring (bicyclic) bond motifs is 1. The Bertz CT molecular complexity index is 596. The molecule has 0 bridgehead atoms. The first kappa shape index (κ1) is 10.3. The molecule has 2 heterocycles. The van der Waals surface area contributed by atoms with Gasteiger partial charge in [-0.15, -0.1) is 5.10 Å². The SMILES string of the molecule is Cc1cc2nnn(CC3=NCCN3)c2cc1C. The molecule has 17 heavy (non-hydrogen) atoms. The predicted octanol–water partition coefficient (Wildman–Crippen LogP) is 1.05. The molecule has 0 unspecified atom stereocenters. The van der Waals surface area contributed by atoms with Crippen molar-refractivity contribution in [2.45, 2.75) is 20.4 Å². The van der Waals surface area contributed by atoms with Crippen LogP contribution in [0.5, 0.6) is 0 Å². The highest BCUT2D eigenvalue weighted by molar-refractivity contribution is 5.85. The lowest BCUT2D eigenvalue weighted by Crippen LogP contribution is -2.24. The molecule has 1 aromatic heterocycles. The fraction of sp³-hybridized carbons (Fsp3) is 0.417. The van der Waals surface area contributed by atoms with E-state index in [9.17, 15) is 0 Å². The van der Waals surface area contributed by atoms with Gasteiger partial charge in [-0.3, -0.25) is 4.99 Å². The number of aliphatic imine (C=N–C) groups is 1. The third kappa shape index (κ3) is 1.77. The van der Waals surface area contributed by atoms with Gasteiger partial charge < -0.3 is 5.32 Å². The molecule has 2 aromatic rings. The van der Waals surface area contributed by atoms with E-state index in [1.54, 1.807) is 0 Å². The molecule has 1 N–H and O–H groups in total. The van der Waals surface area contributed by atoms with Gasteiger partial charge in [0, 0.05) is 6.54 Å². The first-order valence-electron chi connectivity index (χ1n) is 5.82. The first-order chi connectivity index (χ1) is 8.24. The van der Waals surface area contributed by atoms with Crippen LogP contribution in [0.15, 0.2) is 17.1 Å². The number of hydrogen-bond donors (Lipinski definition) is 1. The van der Waals surface area contributed by atoms with Crippen molar-refractivity contribution < 1.29 is 0 Å². The molecule has 0 fully saturated rings. The smallest absolute Gasteiger partial charge is 0.118 e. The summed E-state index contributed by atoms with van der Waals surface area (Å²) < 4.78 is 1.90. The molecule has 1 aliphatic rings. The summed E-state index contributed by atoms with van der Waals surface area (Å²) >= 11 is 0. The second kappa shape index (κ2) is 3.84. The number of rotatable bonds is 2. The van der Waals surface area contributed by atoms with Crippen molar-refractivity contribution in [3.63, 3.8) is 0 Å². The quantitative estimate of drug-likeness (QED) is 0.837. The molecule has 88 valence electrons. The number of benzene rings is 1. The van der Waals surface area contributed by atoms with Crippen LogP contribution in [0.2, 0.25) is 0 Å². The summed E-state index contributed by atoms with van der Waals surface area (Å²) in [5.74, 6) is 0.995. The van der Waals surface area contributed by atoms with E-state index < -0.39 is 0 Å². The van der Waals surface area contributed by atoms with Gasteiger partial charge in [0.2, 0.25) is 0 Å². The molecule has 0 saturated carbocycles. The highest BCUT2D eigenvalue weighted by Crippen LogP contribution is 2.17. The molecule has 5 nitrogen and oxygen atoms in total. The summed E-state index contributed by atoms with van der Waals surface area (Å²) in [6.07, 6.45) is 0. The lowest BCUT2D eigenvalue weighted by Gasteiger charge is -2.04. The number of hydrogen-bond acceptors (Lipinski definition) is 4. The first-order valence-corrected chi connectivity index (χ1v) is 5.82. The highest BCUT2D eigenvalue weighted by atomic mass is 15.4. The van der Waals surface area contributed by atoms with Gasteiger partial charge in [0.05, 0.1) is 12.1 Å². The summed E-state index contributed by atoms with van der Waals surface area (Å²) in [7, 11) is 0. The summed E-state index contributed by atoms with van der Waals surface area (Å²) in [5.41, 5.74) is 4.54. The number of nitrogens with one attached hydrogen (secondary N) is 1. The van der Waals surface area contributed by atoms with E-state index in [0.29, 0.717) is 6.54 Å². The topological polar surface area (TPSA) is 55.1 Å². The zero-order valence-electron chi connectivity index (χ0n) is 10.1. The van der Waals surface area contributed by atoms with Crippen molar-refractivity contribution in [3.05, 3.63) is 23.3 Å². The Morgan fingerprint density at radius 1 is 1.29 bits per heavy atom. The van der Waals surface area contributed by atoms with Crippen LogP contribution in [0.4, 0.5) is 0 Å². The van der Waals surface area contributed by atoms with Crippen molar-refractivity contribution in [1.82, 2.24) is 20.3 Å². The molecule has 1 aromatic carbocycles. The van der Waals surface area contributed by atoms with Gasteiger partial charge in [-0.2, -0.15) is 0 Å². The van der Waals surface area contributed by atoms with Crippen molar-refractivity contribution in [3.8, 4) is 0 Å². The zero-order valence-corrected chi connectivity index (χ0v) is 10.1. The Morgan fingerprint density at radius 2 is 2.12 bits per heavy atom. The fourth-order valence-electron chi connectivity index (χ4n) is 2.03. The summed E-state index contributed by atoms with van der Waals surface area (Å²) in [6.45, 7) is 6.67. The van der Waals surface area contributed by atoms with Gasteiger partial charge in [-0.25, -0.2) is 4.68 Å². The molecule has 5 heteroatoms. The van der Waals surface area contributed by atoms with E-state index in [1.165, 1.54) is 11.1 Å². The minimum absolute atomic E-state index is 0.680. The molecule has 1 aliphatic heterocycles.